The zero-order valence-electron chi connectivity index (χ0n) is 15.9. The fraction of sp³-hybridized carbons (Fsp3) is 0.250. The minimum absolute atomic E-state index is 0.118. The van der Waals surface area contributed by atoms with Crippen molar-refractivity contribution >= 4 is 23.2 Å². The Labute approximate surface area is 168 Å². The smallest absolute Gasteiger partial charge is 0.279 e. The number of anilines is 1. The number of ether oxygens (including phenoxy) is 1. The summed E-state index contributed by atoms with van der Waals surface area (Å²) in [6.45, 7) is 2.18. The van der Waals surface area contributed by atoms with Crippen molar-refractivity contribution in [2.45, 2.75) is 13.0 Å². The van der Waals surface area contributed by atoms with Crippen molar-refractivity contribution in [2.75, 3.05) is 26.0 Å². The zero-order valence-corrected chi connectivity index (χ0v) is 16.7. The van der Waals surface area contributed by atoms with Gasteiger partial charge >= 0.3 is 0 Å². The summed E-state index contributed by atoms with van der Waals surface area (Å²) in [6, 6.07) is 14.3. The molecule has 0 radical (unpaired) electrons. The maximum atomic E-state index is 12.4. The molecule has 0 aliphatic heterocycles. The first-order valence-corrected chi connectivity index (χ1v) is 9.19. The van der Waals surface area contributed by atoms with Gasteiger partial charge in [0.1, 0.15) is 5.75 Å². The van der Waals surface area contributed by atoms with E-state index in [0.29, 0.717) is 28.2 Å². The van der Waals surface area contributed by atoms with Gasteiger partial charge in [0.05, 0.1) is 14.2 Å². The number of benzene rings is 2. The molecule has 1 amide bonds. The second-order valence-corrected chi connectivity index (χ2v) is 6.92. The van der Waals surface area contributed by atoms with Crippen LogP contribution in [-0.2, 0) is 4.79 Å². The summed E-state index contributed by atoms with van der Waals surface area (Å²) in [4.78, 5) is 13.3. The van der Waals surface area contributed by atoms with Gasteiger partial charge in [-0.25, -0.2) is 0 Å². The van der Waals surface area contributed by atoms with E-state index >= 15 is 0 Å². The molecular formula is C20H22ClN4O3+. The van der Waals surface area contributed by atoms with Crippen molar-refractivity contribution in [3.8, 4) is 17.2 Å². The van der Waals surface area contributed by atoms with Crippen LogP contribution < -0.4 is 15.0 Å². The van der Waals surface area contributed by atoms with Gasteiger partial charge in [-0.15, -0.1) is 10.2 Å². The van der Waals surface area contributed by atoms with Crippen LogP contribution in [0.2, 0.25) is 5.02 Å². The molecule has 28 heavy (non-hydrogen) atoms. The Morgan fingerprint density at radius 3 is 2.79 bits per heavy atom. The molecule has 0 aliphatic carbocycles. The van der Waals surface area contributed by atoms with Crippen molar-refractivity contribution in [1.29, 1.82) is 0 Å². The largest absolute Gasteiger partial charge is 0.497 e. The SMILES string of the molecule is COc1cccc(NC(=O)C[NH+](C)[C@H](C)c2nnc(-c3cccc(Cl)c3)o2)c1. The van der Waals surface area contributed by atoms with Gasteiger partial charge < -0.3 is 19.4 Å². The lowest BCUT2D eigenvalue weighted by atomic mass is 10.2. The Kier molecular flexibility index (Phi) is 6.28. The van der Waals surface area contributed by atoms with Gasteiger partial charge in [-0.1, -0.05) is 23.7 Å². The van der Waals surface area contributed by atoms with Gasteiger partial charge in [0.25, 0.3) is 11.8 Å². The van der Waals surface area contributed by atoms with Crippen molar-refractivity contribution in [1.82, 2.24) is 10.2 Å². The third-order valence-electron chi connectivity index (χ3n) is 4.41. The summed E-state index contributed by atoms with van der Waals surface area (Å²) in [5, 5.41) is 11.7. The van der Waals surface area contributed by atoms with Gasteiger partial charge in [-0.3, -0.25) is 4.79 Å². The van der Waals surface area contributed by atoms with Crippen LogP contribution in [0, 0.1) is 0 Å². The summed E-state index contributed by atoms with van der Waals surface area (Å²) in [6.07, 6.45) is 0. The molecule has 0 saturated carbocycles. The van der Waals surface area contributed by atoms with E-state index in [-0.39, 0.29) is 18.5 Å². The number of hydrogen-bond acceptors (Lipinski definition) is 5. The Balaban J connectivity index is 1.62. The van der Waals surface area contributed by atoms with Gasteiger partial charge in [0.15, 0.2) is 12.6 Å². The normalized spacial score (nSPS) is 13.0. The molecule has 2 aromatic carbocycles. The number of carbonyl (C=O) groups is 1. The van der Waals surface area contributed by atoms with E-state index in [4.69, 9.17) is 20.8 Å². The fourth-order valence-electron chi connectivity index (χ4n) is 2.67. The van der Waals surface area contributed by atoms with E-state index < -0.39 is 0 Å². The average molecular weight is 402 g/mol. The molecule has 1 heterocycles. The molecule has 0 saturated heterocycles. The number of aromatic nitrogens is 2. The highest BCUT2D eigenvalue weighted by atomic mass is 35.5. The van der Waals surface area contributed by atoms with Crippen LogP contribution in [0.15, 0.2) is 52.9 Å². The number of amides is 1. The topological polar surface area (TPSA) is 81.7 Å². The molecule has 7 nitrogen and oxygen atoms in total. The van der Waals surface area contributed by atoms with Crippen LogP contribution in [0.5, 0.6) is 5.75 Å². The zero-order chi connectivity index (χ0) is 20.1. The summed E-state index contributed by atoms with van der Waals surface area (Å²) in [5.41, 5.74) is 1.44. The van der Waals surface area contributed by atoms with Crippen molar-refractivity contribution in [2.24, 2.45) is 0 Å². The molecule has 3 aromatic rings. The summed E-state index contributed by atoms with van der Waals surface area (Å²) >= 11 is 6.01. The molecule has 2 atom stereocenters. The summed E-state index contributed by atoms with van der Waals surface area (Å²) < 4.78 is 11.0. The van der Waals surface area contributed by atoms with E-state index in [9.17, 15) is 4.79 Å². The number of likely N-dealkylation sites (N-methyl/N-ethyl adjacent to an activating group) is 1. The highest BCUT2D eigenvalue weighted by Gasteiger charge is 2.24. The summed E-state index contributed by atoms with van der Waals surface area (Å²) in [5.74, 6) is 1.43. The standard InChI is InChI=1S/C20H21ClN4O3/c1-13(19-23-24-20(28-19)14-6-4-7-15(21)10-14)25(2)12-18(26)22-16-8-5-9-17(11-16)27-3/h4-11,13H,12H2,1-3H3,(H,22,26)/p+1/t13-/m1/s1. The maximum Gasteiger partial charge on any atom is 0.279 e. The Morgan fingerprint density at radius 2 is 2.04 bits per heavy atom. The number of nitrogens with one attached hydrogen (secondary N) is 2. The third-order valence-corrected chi connectivity index (χ3v) is 4.65. The average Bonchev–Trinajstić information content (AvgIpc) is 3.17. The van der Waals surface area contributed by atoms with Crippen molar-refractivity contribution in [3.63, 3.8) is 0 Å². The van der Waals surface area contributed by atoms with E-state index in [1.54, 1.807) is 25.3 Å². The second kappa shape index (κ2) is 8.86. The molecule has 0 aliphatic rings. The molecule has 8 heteroatoms. The minimum Gasteiger partial charge on any atom is -0.497 e. The minimum atomic E-state index is -0.156. The number of quaternary nitrogens is 1. The molecule has 1 aromatic heterocycles. The molecular weight excluding hydrogens is 380 g/mol. The number of rotatable bonds is 7. The molecule has 0 bridgehead atoms. The quantitative estimate of drug-likeness (QED) is 0.636. The lowest BCUT2D eigenvalue weighted by molar-refractivity contribution is -0.903. The Bertz CT molecular complexity index is 960. The summed E-state index contributed by atoms with van der Waals surface area (Å²) in [7, 11) is 3.49. The van der Waals surface area contributed by atoms with E-state index in [1.165, 1.54) is 0 Å². The number of halogens is 1. The number of nitrogens with zero attached hydrogens (tertiary/aromatic N) is 2. The second-order valence-electron chi connectivity index (χ2n) is 6.48. The monoisotopic (exact) mass is 401 g/mol. The Morgan fingerprint density at radius 1 is 1.25 bits per heavy atom. The van der Waals surface area contributed by atoms with E-state index in [0.717, 1.165) is 10.5 Å². The van der Waals surface area contributed by atoms with Crippen LogP contribution in [0.25, 0.3) is 11.5 Å². The lowest BCUT2D eigenvalue weighted by Gasteiger charge is -2.18. The predicted octanol–water partition coefficient (Wildman–Crippen LogP) is 2.61. The van der Waals surface area contributed by atoms with Crippen molar-refractivity contribution in [3.05, 3.63) is 59.4 Å². The van der Waals surface area contributed by atoms with Crippen LogP contribution in [0.3, 0.4) is 0 Å². The predicted molar refractivity (Wildman–Crippen MR) is 107 cm³/mol. The fourth-order valence-corrected chi connectivity index (χ4v) is 2.86. The molecule has 2 N–H and O–H groups in total. The van der Waals surface area contributed by atoms with Crippen LogP contribution in [-0.4, -0.2) is 36.8 Å². The third kappa shape index (κ3) is 4.88. The molecule has 3 rings (SSSR count). The highest BCUT2D eigenvalue weighted by molar-refractivity contribution is 6.30. The number of methoxy groups -OCH3 is 1. The molecule has 146 valence electrons. The maximum absolute atomic E-state index is 12.4. The van der Waals surface area contributed by atoms with Crippen LogP contribution in [0.4, 0.5) is 5.69 Å². The molecule has 0 fully saturated rings. The van der Waals surface area contributed by atoms with Crippen LogP contribution in [0.1, 0.15) is 18.9 Å². The van der Waals surface area contributed by atoms with Crippen molar-refractivity contribution < 1.29 is 18.8 Å². The van der Waals surface area contributed by atoms with E-state index in [2.05, 4.69) is 15.5 Å². The van der Waals surface area contributed by atoms with Gasteiger partial charge in [0, 0.05) is 22.3 Å². The molecule has 1 unspecified atom stereocenters. The van der Waals surface area contributed by atoms with Crippen LogP contribution >= 0.6 is 11.6 Å². The first-order chi connectivity index (χ1) is 13.5. The van der Waals surface area contributed by atoms with Gasteiger partial charge in [-0.05, 0) is 37.3 Å². The van der Waals surface area contributed by atoms with E-state index in [1.807, 2.05) is 44.3 Å². The first-order valence-electron chi connectivity index (χ1n) is 8.82. The first kappa shape index (κ1) is 19.9. The molecule has 0 spiro atoms. The number of hydrogen-bond donors (Lipinski definition) is 2. The van der Waals surface area contributed by atoms with Gasteiger partial charge in [0.2, 0.25) is 5.89 Å². The van der Waals surface area contributed by atoms with Gasteiger partial charge in [-0.2, -0.15) is 0 Å². The Hall–Kier alpha value is -2.90. The lowest BCUT2D eigenvalue weighted by Crippen LogP contribution is -3.10. The number of carbonyl (C=O) groups excluding carboxylic acids is 1. The highest BCUT2D eigenvalue weighted by Crippen LogP contribution is 2.22.